The molecule has 0 saturated carbocycles. The molecule has 0 spiro atoms. The molecule has 0 atom stereocenters. The van der Waals surface area contributed by atoms with Gasteiger partial charge in [-0.1, -0.05) is 0 Å². The summed E-state index contributed by atoms with van der Waals surface area (Å²) in [5.74, 6) is -0.704. The number of carbonyl (C=O) groups excluding carboxylic acids is 2. The van der Waals surface area contributed by atoms with E-state index < -0.39 is 23.1 Å². The number of fused-ring (bicyclic) bond motifs is 1. The lowest BCUT2D eigenvalue weighted by atomic mass is 10.4. The van der Waals surface area contributed by atoms with Crippen LogP contribution in [0.5, 0.6) is 0 Å². The molecule has 0 saturated heterocycles. The van der Waals surface area contributed by atoms with Crippen LogP contribution in [-0.2, 0) is 27.4 Å². The van der Waals surface area contributed by atoms with Crippen LogP contribution in [0.15, 0.2) is 43.8 Å². The van der Waals surface area contributed by atoms with Crippen LogP contribution in [0.3, 0.4) is 0 Å². The number of hydrogen-bond donors (Lipinski definition) is 1. The fourth-order valence-electron chi connectivity index (χ4n) is 2.43. The molecule has 0 aliphatic rings. The van der Waals surface area contributed by atoms with Gasteiger partial charge in [0.05, 0.1) is 25.4 Å². The molecule has 3 aromatic heterocycles. The van der Waals surface area contributed by atoms with Crippen LogP contribution in [0.2, 0.25) is 0 Å². The topological polar surface area (TPSA) is 113 Å². The molecule has 0 radical (unpaired) electrons. The minimum atomic E-state index is -0.634. The summed E-state index contributed by atoms with van der Waals surface area (Å²) in [5, 5.41) is 4.04. The van der Waals surface area contributed by atoms with E-state index >= 15 is 0 Å². The number of ether oxygens (including phenoxy) is 1. The highest BCUT2D eigenvalue weighted by Crippen LogP contribution is 2.15. The van der Waals surface area contributed by atoms with Gasteiger partial charge in [-0.15, -0.1) is 11.3 Å². The summed E-state index contributed by atoms with van der Waals surface area (Å²) in [6.07, 6.45) is 1.45. The summed E-state index contributed by atoms with van der Waals surface area (Å²) in [6, 6.07) is 4.91. The first-order valence-corrected chi connectivity index (χ1v) is 8.46. The predicted molar refractivity (Wildman–Crippen MR) is 93.2 cm³/mol. The van der Waals surface area contributed by atoms with Gasteiger partial charge in [-0.05, 0) is 23.6 Å². The van der Waals surface area contributed by atoms with Crippen LogP contribution in [-0.4, -0.2) is 34.7 Å². The van der Waals surface area contributed by atoms with Gasteiger partial charge in [0.2, 0.25) is 5.91 Å². The molecular formula is C16H15N3O6S. The molecule has 0 unspecified atom stereocenters. The van der Waals surface area contributed by atoms with Crippen LogP contribution in [0.4, 0.5) is 0 Å². The lowest BCUT2D eigenvalue weighted by Crippen LogP contribution is -2.43. The monoisotopic (exact) mass is 377 g/mol. The summed E-state index contributed by atoms with van der Waals surface area (Å²) in [6.45, 7) is -0.674. The van der Waals surface area contributed by atoms with Gasteiger partial charge in [0.15, 0.2) is 0 Å². The molecular weight excluding hydrogens is 362 g/mol. The van der Waals surface area contributed by atoms with Crippen LogP contribution in [0.1, 0.15) is 5.76 Å². The second kappa shape index (κ2) is 7.40. The lowest BCUT2D eigenvalue weighted by molar-refractivity contribution is -0.141. The Hall–Kier alpha value is -3.14. The SMILES string of the molecule is COC(=O)CNC(=O)Cn1c(=O)n(Cc2ccco2)c(=O)c2sccc21. The minimum absolute atomic E-state index is 0.0394. The van der Waals surface area contributed by atoms with Gasteiger partial charge < -0.3 is 14.5 Å². The van der Waals surface area contributed by atoms with Gasteiger partial charge in [-0.3, -0.25) is 23.5 Å². The fraction of sp³-hybridized carbons (Fsp3) is 0.250. The van der Waals surface area contributed by atoms with Crippen molar-refractivity contribution < 1.29 is 18.7 Å². The number of nitrogens with one attached hydrogen (secondary N) is 1. The molecule has 0 aliphatic carbocycles. The standard InChI is InChI=1S/C16H15N3O6S/c1-24-13(21)7-17-12(20)9-18-11-4-6-26-14(11)15(22)19(16(18)23)8-10-3-2-5-25-10/h2-6H,7-9H2,1H3,(H,17,20). The molecule has 0 aromatic carbocycles. The van der Waals surface area contributed by atoms with E-state index in [0.29, 0.717) is 16.0 Å². The van der Waals surface area contributed by atoms with E-state index in [1.54, 1.807) is 23.6 Å². The number of amides is 1. The average molecular weight is 377 g/mol. The van der Waals surface area contributed by atoms with E-state index in [-0.39, 0.29) is 19.6 Å². The van der Waals surface area contributed by atoms with Crippen molar-refractivity contribution in [3.8, 4) is 0 Å². The Balaban J connectivity index is 1.98. The summed E-state index contributed by atoms with van der Waals surface area (Å²) < 4.78 is 12.2. The Morgan fingerprint density at radius 2 is 2.08 bits per heavy atom. The Morgan fingerprint density at radius 3 is 2.77 bits per heavy atom. The smallest absolute Gasteiger partial charge is 0.332 e. The molecule has 3 rings (SSSR count). The second-order valence-electron chi connectivity index (χ2n) is 5.33. The van der Waals surface area contributed by atoms with Crippen LogP contribution in [0.25, 0.3) is 10.2 Å². The third-order valence-electron chi connectivity index (χ3n) is 3.69. The van der Waals surface area contributed by atoms with Crippen molar-refractivity contribution in [1.29, 1.82) is 0 Å². The van der Waals surface area contributed by atoms with E-state index in [4.69, 9.17) is 4.42 Å². The van der Waals surface area contributed by atoms with Crippen LogP contribution >= 0.6 is 11.3 Å². The van der Waals surface area contributed by atoms with E-state index in [1.165, 1.54) is 29.3 Å². The van der Waals surface area contributed by atoms with Gasteiger partial charge in [-0.2, -0.15) is 0 Å². The highest BCUT2D eigenvalue weighted by molar-refractivity contribution is 7.17. The first-order chi connectivity index (χ1) is 12.5. The Bertz CT molecular complexity index is 1060. The lowest BCUT2D eigenvalue weighted by Gasteiger charge is -2.11. The predicted octanol–water partition coefficient (Wildman–Crippen LogP) is 0.155. The maximum absolute atomic E-state index is 12.8. The second-order valence-corrected chi connectivity index (χ2v) is 6.24. The fourth-order valence-corrected chi connectivity index (χ4v) is 3.27. The van der Waals surface area contributed by atoms with E-state index in [1.807, 2.05) is 0 Å². The number of thiophene rings is 1. The van der Waals surface area contributed by atoms with Crippen molar-refractivity contribution in [2.24, 2.45) is 0 Å². The van der Waals surface area contributed by atoms with Gasteiger partial charge >= 0.3 is 11.7 Å². The third kappa shape index (κ3) is 3.45. The number of hydrogen-bond acceptors (Lipinski definition) is 7. The molecule has 0 bridgehead atoms. The molecule has 26 heavy (non-hydrogen) atoms. The van der Waals surface area contributed by atoms with E-state index in [2.05, 4.69) is 10.1 Å². The number of aromatic nitrogens is 2. The van der Waals surface area contributed by atoms with Crippen molar-refractivity contribution in [2.45, 2.75) is 13.1 Å². The number of furan rings is 1. The summed E-state index contributed by atoms with van der Waals surface area (Å²) in [5.41, 5.74) is -0.706. The van der Waals surface area contributed by atoms with Gasteiger partial charge in [-0.25, -0.2) is 4.79 Å². The maximum Gasteiger partial charge on any atom is 0.332 e. The zero-order valence-corrected chi connectivity index (χ0v) is 14.6. The van der Waals surface area contributed by atoms with E-state index in [0.717, 1.165) is 4.57 Å². The first kappa shape index (κ1) is 17.7. The quantitative estimate of drug-likeness (QED) is 0.612. The number of carbonyl (C=O) groups is 2. The van der Waals surface area contributed by atoms with Gasteiger partial charge in [0.1, 0.15) is 23.5 Å². The molecule has 0 fully saturated rings. The van der Waals surface area contributed by atoms with Crippen LogP contribution < -0.4 is 16.6 Å². The molecule has 3 aromatic rings. The number of nitrogens with zero attached hydrogens (tertiary/aromatic N) is 2. The van der Waals surface area contributed by atoms with Crippen molar-refractivity contribution >= 4 is 33.4 Å². The third-order valence-corrected chi connectivity index (χ3v) is 4.58. The maximum atomic E-state index is 12.8. The summed E-state index contributed by atoms with van der Waals surface area (Å²) in [7, 11) is 1.21. The largest absolute Gasteiger partial charge is 0.468 e. The minimum Gasteiger partial charge on any atom is -0.468 e. The van der Waals surface area contributed by atoms with Crippen molar-refractivity contribution in [2.75, 3.05) is 13.7 Å². The first-order valence-electron chi connectivity index (χ1n) is 7.58. The number of methoxy groups -OCH3 is 1. The Kier molecular flexibility index (Phi) is 5.03. The summed E-state index contributed by atoms with van der Waals surface area (Å²) in [4.78, 5) is 48.6. The highest BCUT2D eigenvalue weighted by Gasteiger charge is 2.17. The van der Waals surface area contributed by atoms with Crippen molar-refractivity contribution in [1.82, 2.24) is 14.5 Å². The molecule has 0 aliphatic heterocycles. The molecule has 10 heteroatoms. The van der Waals surface area contributed by atoms with Crippen molar-refractivity contribution in [3.63, 3.8) is 0 Å². The molecule has 1 amide bonds. The normalized spacial score (nSPS) is 10.8. The zero-order valence-electron chi connectivity index (χ0n) is 13.8. The van der Waals surface area contributed by atoms with Crippen LogP contribution in [0, 0.1) is 0 Å². The Labute approximate surface area is 150 Å². The number of esters is 1. The number of rotatable bonds is 6. The molecule has 1 N–H and O–H groups in total. The molecule has 3 heterocycles. The van der Waals surface area contributed by atoms with Gasteiger partial charge in [0.25, 0.3) is 5.56 Å². The molecule has 136 valence electrons. The zero-order chi connectivity index (χ0) is 18.7. The van der Waals surface area contributed by atoms with Gasteiger partial charge in [0, 0.05) is 0 Å². The van der Waals surface area contributed by atoms with Crippen molar-refractivity contribution in [3.05, 3.63) is 56.4 Å². The highest BCUT2D eigenvalue weighted by atomic mass is 32.1. The van der Waals surface area contributed by atoms with E-state index in [9.17, 15) is 19.2 Å². The Morgan fingerprint density at radius 1 is 1.27 bits per heavy atom. The summed E-state index contributed by atoms with van der Waals surface area (Å²) >= 11 is 1.18. The molecule has 9 nitrogen and oxygen atoms in total. The average Bonchev–Trinajstić information content (AvgIpc) is 3.31.